The molecule has 3 aromatic rings. The number of hydrogen-bond donors (Lipinski definition) is 1. The maximum Gasteiger partial charge on any atom is 0.418 e. The fraction of sp³-hybridized carbons (Fsp3) is 0.143. The van der Waals surface area contributed by atoms with Gasteiger partial charge in [0, 0.05) is 12.2 Å². The van der Waals surface area contributed by atoms with Crippen molar-refractivity contribution in [2.45, 2.75) is 13.1 Å². The number of halogens is 3. The van der Waals surface area contributed by atoms with Gasteiger partial charge in [0.2, 0.25) is 0 Å². The standard InChI is InChI=1S/C21H18F3N3O/c1-2-27(16-8-4-3-5-9-16)20(28)19-13-12-15(14-25-19)26-18-11-7-6-10-17(18)21(22,23)24/h3-14,26H,2H2,1H3. The molecule has 28 heavy (non-hydrogen) atoms. The monoisotopic (exact) mass is 385 g/mol. The van der Waals surface area contributed by atoms with Crippen LogP contribution in [-0.4, -0.2) is 17.4 Å². The van der Waals surface area contributed by atoms with Crippen LogP contribution in [0.15, 0.2) is 72.9 Å². The number of carbonyl (C=O) groups is 1. The van der Waals surface area contributed by atoms with Crippen LogP contribution in [0.2, 0.25) is 0 Å². The second-order valence-corrected chi connectivity index (χ2v) is 5.99. The predicted octanol–water partition coefficient (Wildman–Crippen LogP) is 5.51. The summed E-state index contributed by atoms with van der Waals surface area (Å²) in [6, 6.07) is 17.4. The molecule has 0 bridgehead atoms. The molecule has 0 aliphatic rings. The van der Waals surface area contributed by atoms with Crippen molar-refractivity contribution in [1.82, 2.24) is 4.98 Å². The van der Waals surface area contributed by atoms with E-state index in [9.17, 15) is 18.0 Å². The molecule has 1 amide bonds. The van der Waals surface area contributed by atoms with Gasteiger partial charge in [-0.1, -0.05) is 30.3 Å². The molecule has 4 nitrogen and oxygen atoms in total. The lowest BCUT2D eigenvalue weighted by atomic mass is 10.1. The number of hydrogen-bond acceptors (Lipinski definition) is 3. The minimum Gasteiger partial charge on any atom is -0.354 e. The van der Waals surface area contributed by atoms with Crippen LogP contribution < -0.4 is 10.2 Å². The van der Waals surface area contributed by atoms with Crippen molar-refractivity contribution >= 4 is 23.0 Å². The lowest BCUT2D eigenvalue weighted by molar-refractivity contribution is -0.136. The molecule has 0 atom stereocenters. The zero-order chi connectivity index (χ0) is 20.1. The summed E-state index contributed by atoms with van der Waals surface area (Å²) >= 11 is 0. The first kappa shape index (κ1) is 19.4. The molecule has 3 rings (SSSR count). The molecule has 1 aromatic heterocycles. The first-order chi connectivity index (χ1) is 13.4. The van der Waals surface area contributed by atoms with Gasteiger partial charge >= 0.3 is 6.18 Å². The molecule has 7 heteroatoms. The Balaban J connectivity index is 1.80. The van der Waals surface area contributed by atoms with Crippen molar-refractivity contribution in [3.63, 3.8) is 0 Å². The zero-order valence-corrected chi connectivity index (χ0v) is 15.1. The summed E-state index contributed by atoms with van der Waals surface area (Å²) in [5.41, 5.74) is 0.473. The van der Waals surface area contributed by atoms with E-state index in [-0.39, 0.29) is 17.3 Å². The smallest absolute Gasteiger partial charge is 0.354 e. The molecule has 0 spiro atoms. The van der Waals surface area contributed by atoms with Crippen molar-refractivity contribution in [3.05, 3.63) is 84.2 Å². The number of alkyl halides is 3. The summed E-state index contributed by atoms with van der Waals surface area (Å²) in [6.45, 7) is 2.32. The summed E-state index contributed by atoms with van der Waals surface area (Å²) in [5, 5.41) is 2.71. The molecular weight excluding hydrogens is 367 g/mol. The Kier molecular flexibility index (Phi) is 5.63. The van der Waals surface area contributed by atoms with Crippen molar-refractivity contribution in [2.75, 3.05) is 16.8 Å². The van der Waals surface area contributed by atoms with Gasteiger partial charge in [-0.2, -0.15) is 13.2 Å². The summed E-state index contributed by atoms with van der Waals surface area (Å²) in [7, 11) is 0. The van der Waals surface area contributed by atoms with Gasteiger partial charge in [-0.3, -0.25) is 4.79 Å². The second-order valence-electron chi connectivity index (χ2n) is 5.99. The SMILES string of the molecule is CCN(C(=O)c1ccc(Nc2ccccc2C(F)(F)F)cn1)c1ccccc1. The summed E-state index contributed by atoms with van der Waals surface area (Å²) in [6.07, 6.45) is -3.12. The van der Waals surface area contributed by atoms with Gasteiger partial charge in [-0.25, -0.2) is 4.98 Å². The quantitative estimate of drug-likeness (QED) is 0.630. The van der Waals surface area contributed by atoms with E-state index in [1.807, 2.05) is 37.3 Å². The molecule has 2 aromatic carbocycles. The van der Waals surface area contributed by atoms with Crippen molar-refractivity contribution in [1.29, 1.82) is 0 Å². The Morgan fingerprint density at radius 1 is 1.00 bits per heavy atom. The van der Waals surface area contributed by atoms with E-state index in [0.29, 0.717) is 12.2 Å². The number of benzene rings is 2. The number of nitrogens with zero attached hydrogens (tertiary/aromatic N) is 2. The number of nitrogens with one attached hydrogen (secondary N) is 1. The van der Waals surface area contributed by atoms with Crippen molar-refractivity contribution in [2.24, 2.45) is 0 Å². The Morgan fingerprint density at radius 3 is 2.29 bits per heavy atom. The number of para-hydroxylation sites is 2. The molecule has 0 saturated carbocycles. The van der Waals surface area contributed by atoms with Gasteiger partial charge in [0.25, 0.3) is 5.91 Å². The third-order valence-corrected chi connectivity index (χ3v) is 4.12. The third kappa shape index (κ3) is 4.31. The first-order valence-corrected chi connectivity index (χ1v) is 8.66. The summed E-state index contributed by atoms with van der Waals surface area (Å²) in [4.78, 5) is 18.4. The van der Waals surface area contributed by atoms with Gasteiger partial charge in [-0.05, 0) is 43.3 Å². The van der Waals surface area contributed by atoms with Crippen molar-refractivity contribution < 1.29 is 18.0 Å². The number of rotatable bonds is 5. The highest BCUT2D eigenvalue weighted by molar-refractivity contribution is 6.04. The number of anilines is 3. The summed E-state index contributed by atoms with van der Waals surface area (Å²) in [5.74, 6) is -0.282. The molecule has 0 fully saturated rings. The maximum atomic E-state index is 13.1. The molecule has 0 radical (unpaired) electrons. The van der Waals surface area contributed by atoms with Crippen LogP contribution in [0.1, 0.15) is 23.0 Å². The van der Waals surface area contributed by atoms with Gasteiger partial charge in [0.1, 0.15) is 5.69 Å². The van der Waals surface area contributed by atoms with E-state index >= 15 is 0 Å². The summed E-state index contributed by atoms with van der Waals surface area (Å²) < 4.78 is 39.3. The topological polar surface area (TPSA) is 45.2 Å². The van der Waals surface area contributed by atoms with E-state index < -0.39 is 11.7 Å². The van der Waals surface area contributed by atoms with Crippen LogP contribution in [-0.2, 0) is 6.18 Å². The fourth-order valence-corrected chi connectivity index (χ4v) is 2.78. The van der Waals surface area contributed by atoms with Crippen LogP contribution in [0, 0.1) is 0 Å². The van der Waals surface area contributed by atoms with E-state index in [1.165, 1.54) is 36.5 Å². The molecule has 1 N–H and O–H groups in total. The van der Waals surface area contributed by atoms with Crippen LogP contribution in [0.25, 0.3) is 0 Å². The van der Waals surface area contributed by atoms with E-state index in [2.05, 4.69) is 10.3 Å². The minimum atomic E-state index is -4.47. The lowest BCUT2D eigenvalue weighted by Crippen LogP contribution is -2.31. The Hall–Kier alpha value is -3.35. The van der Waals surface area contributed by atoms with Gasteiger partial charge in [-0.15, -0.1) is 0 Å². The van der Waals surface area contributed by atoms with Gasteiger partial charge in [0.05, 0.1) is 23.1 Å². The molecule has 0 saturated heterocycles. The average molecular weight is 385 g/mol. The number of amides is 1. The minimum absolute atomic E-state index is 0.0738. The molecule has 0 aliphatic heterocycles. The highest BCUT2D eigenvalue weighted by Crippen LogP contribution is 2.35. The second kappa shape index (κ2) is 8.12. The number of pyridine rings is 1. The van der Waals surface area contributed by atoms with E-state index in [1.54, 1.807) is 4.90 Å². The highest BCUT2D eigenvalue weighted by atomic mass is 19.4. The van der Waals surface area contributed by atoms with E-state index in [4.69, 9.17) is 0 Å². The highest BCUT2D eigenvalue weighted by Gasteiger charge is 2.33. The Labute approximate surface area is 160 Å². The van der Waals surface area contributed by atoms with Crippen LogP contribution in [0.3, 0.4) is 0 Å². The molecule has 144 valence electrons. The lowest BCUT2D eigenvalue weighted by Gasteiger charge is -2.20. The van der Waals surface area contributed by atoms with Crippen LogP contribution in [0.4, 0.5) is 30.2 Å². The average Bonchev–Trinajstić information content (AvgIpc) is 2.69. The Bertz CT molecular complexity index is 941. The predicted molar refractivity (Wildman–Crippen MR) is 103 cm³/mol. The number of carbonyl (C=O) groups excluding carboxylic acids is 1. The molecule has 1 heterocycles. The molecule has 0 unspecified atom stereocenters. The van der Waals surface area contributed by atoms with Crippen molar-refractivity contribution in [3.8, 4) is 0 Å². The maximum absolute atomic E-state index is 13.1. The molecular formula is C21H18F3N3O. The Morgan fingerprint density at radius 2 is 1.68 bits per heavy atom. The third-order valence-electron chi connectivity index (χ3n) is 4.12. The number of aromatic nitrogens is 1. The zero-order valence-electron chi connectivity index (χ0n) is 15.1. The normalized spacial score (nSPS) is 11.1. The van der Waals surface area contributed by atoms with E-state index in [0.717, 1.165) is 11.8 Å². The van der Waals surface area contributed by atoms with Gasteiger partial charge in [0.15, 0.2) is 0 Å². The fourth-order valence-electron chi connectivity index (χ4n) is 2.78. The molecule has 0 aliphatic carbocycles. The first-order valence-electron chi connectivity index (χ1n) is 8.66. The van der Waals surface area contributed by atoms with Crippen LogP contribution in [0.5, 0.6) is 0 Å². The van der Waals surface area contributed by atoms with Gasteiger partial charge < -0.3 is 10.2 Å². The van der Waals surface area contributed by atoms with Crippen LogP contribution >= 0.6 is 0 Å². The largest absolute Gasteiger partial charge is 0.418 e.